The highest BCUT2D eigenvalue weighted by atomic mass is 79.9. The number of hydrogen-bond donors (Lipinski definition) is 2. The number of hydrazone groups is 1. The van der Waals surface area contributed by atoms with Gasteiger partial charge >= 0.3 is 0 Å². The third-order valence-corrected chi connectivity index (χ3v) is 4.33. The van der Waals surface area contributed by atoms with Gasteiger partial charge < -0.3 is 4.98 Å². The van der Waals surface area contributed by atoms with Crippen molar-refractivity contribution in [3.05, 3.63) is 58.6 Å². The Hall–Kier alpha value is -2.12. The van der Waals surface area contributed by atoms with E-state index in [4.69, 9.17) is 0 Å². The molecule has 0 saturated carbocycles. The fraction of sp³-hybridized carbons (Fsp3) is 0.0625. The SMILES string of the molecule is O=C(CSc1nc2ccccc2[nH]1)N/N=C\c1cccc(Br)c1. The molecule has 3 aromatic rings. The van der Waals surface area contributed by atoms with E-state index in [-0.39, 0.29) is 11.7 Å². The number of hydrogen-bond acceptors (Lipinski definition) is 4. The van der Waals surface area contributed by atoms with E-state index >= 15 is 0 Å². The Morgan fingerprint density at radius 2 is 2.17 bits per heavy atom. The minimum atomic E-state index is -0.179. The first-order valence-electron chi connectivity index (χ1n) is 6.86. The number of H-pyrrole nitrogens is 1. The number of aromatic nitrogens is 2. The van der Waals surface area contributed by atoms with E-state index in [1.165, 1.54) is 11.8 Å². The second kappa shape index (κ2) is 7.43. The van der Waals surface area contributed by atoms with Crippen molar-refractivity contribution in [1.82, 2.24) is 15.4 Å². The van der Waals surface area contributed by atoms with E-state index in [9.17, 15) is 4.79 Å². The van der Waals surface area contributed by atoms with Crippen molar-refractivity contribution in [2.45, 2.75) is 5.16 Å². The van der Waals surface area contributed by atoms with Gasteiger partial charge in [-0.15, -0.1) is 0 Å². The lowest BCUT2D eigenvalue weighted by molar-refractivity contribution is -0.118. The summed E-state index contributed by atoms with van der Waals surface area (Å²) >= 11 is 4.73. The van der Waals surface area contributed by atoms with Crippen LogP contribution in [0.1, 0.15) is 5.56 Å². The van der Waals surface area contributed by atoms with Crippen molar-refractivity contribution < 1.29 is 4.79 Å². The predicted octanol–water partition coefficient (Wildman–Crippen LogP) is 3.57. The lowest BCUT2D eigenvalue weighted by Crippen LogP contribution is -2.19. The van der Waals surface area contributed by atoms with Gasteiger partial charge in [-0.3, -0.25) is 4.79 Å². The van der Waals surface area contributed by atoms with Crippen LogP contribution >= 0.6 is 27.7 Å². The molecule has 0 spiro atoms. The summed E-state index contributed by atoms with van der Waals surface area (Å²) in [7, 11) is 0. The molecule has 0 atom stereocenters. The third kappa shape index (κ3) is 4.43. The van der Waals surface area contributed by atoms with Crippen LogP contribution in [0, 0.1) is 0 Å². The molecule has 1 heterocycles. The minimum absolute atomic E-state index is 0.179. The number of fused-ring (bicyclic) bond motifs is 1. The van der Waals surface area contributed by atoms with Crippen LogP contribution in [0.2, 0.25) is 0 Å². The standard InChI is InChI=1S/C16H13BrN4OS/c17-12-5-3-4-11(8-12)9-18-21-15(22)10-23-16-19-13-6-1-2-7-14(13)20-16/h1-9H,10H2,(H,19,20)(H,21,22)/b18-9-. The van der Waals surface area contributed by atoms with Gasteiger partial charge in [0.05, 0.1) is 23.0 Å². The summed E-state index contributed by atoms with van der Waals surface area (Å²) in [5.41, 5.74) is 5.27. The zero-order valence-corrected chi connectivity index (χ0v) is 14.4. The Morgan fingerprint density at radius 1 is 1.30 bits per heavy atom. The van der Waals surface area contributed by atoms with Gasteiger partial charge in [0, 0.05) is 4.47 Å². The molecule has 1 amide bonds. The first-order chi connectivity index (χ1) is 11.2. The van der Waals surface area contributed by atoms with Gasteiger partial charge in [0.25, 0.3) is 5.91 Å². The molecule has 0 unspecified atom stereocenters. The van der Waals surface area contributed by atoms with Crippen LogP contribution in [-0.4, -0.2) is 27.8 Å². The van der Waals surface area contributed by atoms with Crippen LogP contribution in [0.4, 0.5) is 0 Å². The van der Waals surface area contributed by atoms with E-state index in [2.05, 4.69) is 36.4 Å². The molecule has 23 heavy (non-hydrogen) atoms. The molecular formula is C16H13BrN4OS. The topological polar surface area (TPSA) is 70.1 Å². The summed E-state index contributed by atoms with van der Waals surface area (Å²) < 4.78 is 0.966. The van der Waals surface area contributed by atoms with Crippen molar-refractivity contribution in [3.8, 4) is 0 Å². The van der Waals surface area contributed by atoms with Gasteiger partial charge in [-0.2, -0.15) is 5.10 Å². The monoisotopic (exact) mass is 388 g/mol. The highest BCUT2D eigenvalue weighted by Gasteiger charge is 2.06. The number of benzene rings is 2. The second-order valence-electron chi connectivity index (χ2n) is 4.70. The molecule has 0 radical (unpaired) electrons. The molecule has 0 aliphatic rings. The van der Waals surface area contributed by atoms with E-state index in [0.29, 0.717) is 0 Å². The Kier molecular flexibility index (Phi) is 5.09. The number of para-hydroxylation sites is 2. The molecule has 0 aliphatic heterocycles. The summed E-state index contributed by atoms with van der Waals surface area (Å²) in [6, 6.07) is 15.4. The first kappa shape index (κ1) is 15.8. The molecule has 3 rings (SSSR count). The molecule has 5 nitrogen and oxygen atoms in total. The Labute approximate surface area is 145 Å². The van der Waals surface area contributed by atoms with E-state index in [1.54, 1.807) is 6.21 Å². The molecule has 1 aromatic heterocycles. The number of rotatable bonds is 5. The first-order valence-corrected chi connectivity index (χ1v) is 8.63. The summed E-state index contributed by atoms with van der Waals surface area (Å²) in [5, 5.41) is 4.67. The molecule has 0 fully saturated rings. The van der Waals surface area contributed by atoms with Crippen molar-refractivity contribution in [2.75, 3.05) is 5.75 Å². The van der Waals surface area contributed by atoms with Crippen LogP contribution < -0.4 is 5.43 Å². The van der Waals surface area contributed by atoms with Crippen molar-refractivity contribution in [2.24, 2.45) is 5.10 Å². The van der Waals surface area contributed by atoms with Crippen LogP contribution in [-0.2, 0) is 4.79 Å². The number of amides is 1. The maximum absolute atomic E-state index is 11.8. The van der Waals surface area contributed by atoms with Gasteiger partial charge in [0.1, 0.15) is 0 Å². The fourth-order valence-electron chi connectivity index (χ4n) is 1.93. The molecule has 0 aliphatic carbocycles. The summed E-state index contributed by atoms with van der Waals surface area (Å²) in [6.45, 7) is 0. The van der Waals surface area contributed by atoms with E-state index in [0.717, 1.165) is 26.2 Å². The molecule has 0 bridgehead atoms. The van der Waals surface area contributed by atoms with E-state index in [1.807, 2.05) is 48.5 Å². The van der Waals surface area contributed by atoms with Gasteiger partial charge in [-0.05, 0) is 29.8 Å². The Morgan fingerprint density at radius 3 is 3.00 bits per heavy atom. The van der Waals surface area contributed by atoms with Crippen molar-refractivity contribution in [3.63, 3.8) is 0 Å². The zero-order valence-electron chi connectivity index (χ0n) is 12.0. The summed E-state index contributed by atoms with van der Waals surface area (Å²) in [6.07, 6.45) is 1.61. The molecule has 116 valence electrons. The number of carbonyl (C=O) groups excluding carboxylic acids is 1. The maximum Gasteiger partial charge on any atom is 0.250 e. The number of nitrogens with one attached hydrogen (secondary N) is 2. The average molecular weight is 389 g/mol. The van der Waals surface area contributed by atoms with Gasteiger partial charge in [0.2, 0.25) is 0 Å². The molecule has 2 N–H and O–H groups in total. The van der Waals surface area contributed by atoms with Gasteiger partial charge in [-0.25, -0.2) is 10.4 Å². The second-order valence-corrected chi connectivity index (χ2v) is 6.58. The highest BCUT2D eigenvalue weighted by molar-refractivity contribution is 9.10. The van der Waals surface area contributed by atoms with E-state index < -0.39 is 0 Å². The fourth-order valence-corrected chi connectivity index (χ4v) is 3.02. The van der Waals surface area contributed by atoms with Crippen LogP contribution in [0.5, 0.6) is 0 Å². The number of aromatic amines is 1. The van der Waals surface area contributed by atoms with Crippen LogP contribution in [0.3, 0.4) is 0 Å². The number of imidazole rings is 1. The number of carbonyl (C=O) groups is 1. The number of thioether (sulfide) groups is 1. The lowest BCUT2D eigenvalue weighted by Gasteiger charge is -1.98. The quantitative estimate of drug-likeness (QED) is 0.398. The minimum Gasteiger partial charge on any atom is -0.333 e. The average Bonchev–Trinajstić information content (AvgIpc) is 2.96. The highest BCUT2D eigenvalue weighted by Crippen LogP contribution is 2.18. The lowest BCUT2D eigenvalue weighted by atomic mass is 10.2. The molecule has 0 saturated heterocycles. The largest absolute Gasteiger partial charge is 0.333 e. The maximum atomic E-state index is 11.8. The van der Waals surface area contributed by atoms with Crippen LogP contribution in [0.15, 0.2) is 63.3 Å². The van der Waals surface area contributed by atoms with Gasteiger partial charge in [-0.1, -0.05) is 52.0 Å². The number of nitrogens with zero attached hydrogens (tertiary/aromatic N) is 2. The summed E-state index contributed by atoms with van der Waals surface area (Å²) in [4.78, 5) is 19.4. The molecule has 7 heteroatoms. The molecule has 2 aromatic carbocycles. The predicted molar refractivity (Wildman–Crippen MR) is 96.7 cm³/mol. The Bertz CT molecular complexity index is 829. The smallest absolute Gasteiger partial charge is 0.250 e. The van der Waals surface area contributed by atoms with Crippen LogP contribution in [0.25, 0.3) is 11.0 Å². The van der Waals surface area contributed by atoms with Crippen molar-refractivity contribution in [1.29, 1.82) is 0 Å². The number of halogens is 1. The Balaban J connectivity index is 1.51. The van der Waals surface area contributed by atoms with Crippen molar-refractivity contribution >= 4 is 50.8 Å². The van der Waals surface area contributed by atoms with Gasteiger partial charge in [0.15, 0.2) is 5.16 Å². The molecular weight excluding hydrogens is 376 g/mol. The zero-order chi connectivity index (χ0) is 16.1. The normalized spacial score (nSPS) is 11.2. The summed E-state index contributed by atoms with van der Waals surface area (Å²) in [5.74, 6) is 0.0667. The third-order valence-electron chi connectivity index (χ3n) is 2.96.